The van der Waals surface area contributed by atoms with E-state index < -0.39 is 0 Å². The smallest absolute Gasteiger partial charge is 0.272 e. The van der Waals surface area contributed by atoms with E-state index >= 15 is 0 Å². The minimum atomic E-state index is 0.0493. The van der Waals surface area contributed by atoms with Gasteiger partial charge in [0.2, 0.25) is 0 Å². The average Bonchev–Trinajstić information content (AvgIpc) is 3.44. The molecule has 0 unspecified atom stereocenters. The molecule has 10 heteroatoms. The van der Waals surface area contributed by atoms with Gasteiger partial charge >= 0.3 is 0 Å². The maximum Gasteiger partial charge on any atom is 0.272 e. The van der Waals surface area contributed by atoms with Gasteiger partial charge in [0, 0.05) is 36.0 Å². The summed E-state index contributed by atoms with van der Waals surface area (Å²) in [5, 5.41) is 12.3. The molecule has 0 bridgehead atoms. The van der Waals surface area contributed by atoms with Crippen molar-refractivity contribution in [3.63, 3.8) is 0 Å². The van der Waals surface area contributed by atoms with E-state index in [9.17, 15) is 4.79 Å². The van der Waals surface area contributed by atoms with Crippen molar-refractivity contribution in [2.75, 3.05) is 11.5 Å². The predicted octanol–water partition coefficient (Wildman–Crippen LogP) is 3.57. The zero-order chi connectivity index (χ0) is 19.1. The van der Waals surface area contributed by atoms with E-state index in [0.717, 1.165) is 43.4 Å². The second-order valence-electron chi connectivity index (χ2n) is 6.27. The van der Waals surface area contributed by atoms with Crippen LogP contribution in [0, 0.1) is 0 Å². The van der Waals surface area contributed by atoms with Crippen molar-refractivity contribution in [2.45, 2.75) is 29.8 Å². The molecule has 0 spiro atoms. The van der Waals surface area contributed by atoms with E-state index in [1.807, 2.05) is 30.5 Å². The van der Waals surface area contributed by atoms with Crippen molar-refractivity contribution >= 4 is 45.1 Å². The highest BCUT2D eigenvalue weighted by molar-refractivity contribution is 8.00. The topological polar surface area (TPSA) is 78.5 Å². The Balaban J connectivity index is 1.45. The van der Waals surface area contributed by atoms with Crippen LogP contribution in [0.1, 0.15) is 13.0 Å². The maximum absolute atomic E-state index is 12.7. The van der Waals surface area contributed by atoms with Crippen LogP contribution >= 0.6 is 34.9 Å². The minimum Gasteiger partial charge on any atom is -0.297 e. The van der Waals surface area contributed by atoms with Gasteiger partial charge in [-0.1, -0.05) is 23.5 Å². The van der Waals surface area contributed by atoms with Crippen molar-refractivity contribution < 1.29 is 0 Å². The van der Waals surface area contributed by atoms with Crippen LogP contribution in [0.2, 0.25) is 0 Å². The van der Waals surface area contributed by atoms with Gasteiger partial charge in [0.25, 0.3) is 5.56 Å². The summed E-state index contributed by atoms with van der Waals surface area (Å²) in [5.41, 5.74) is 1.84. The van der Waals surface area contributed by atoms with E-state index in [0.29, 0.717) is 6.54 Å². The average molecular weight is 429 g/mol. The van der Waals surface area contributed by atoms with Crippen LogP contribution in [-0.2, 0) is 6.54 Å². The fourth-order valence-electron chi connectivity index (χ4n) is 3.25. The molecule has 0 fully saturated rings. The molecule has 4 aromatic rings. The summed E-state index contributed by atoms with van der Waals surface area (Å²) in [5.74, 6) is 2.60. The van der Waals surface area contributed by atoms with Gasteiger partial charge < -0.3 is 0 Å². The number of thiophene rings is 1. The van der Waals surface area contributed by atoms with Crippen molar-refractivity contribution in [2.24, 2.45) is 0 Å². The lowest BCUT2D eigenvalue weighted by atomic mass is 10.2. The highest BCUT2D eigenvalue weighted by Crippen LogP contribution is 2.38. The van der Waals surface area contributed by atoms with Gasteiger partial charge in [0.15, 0.2) is 16.1 Å². The van der Waals surface area contributed by atoms with Gasteiger partial charge in [-0.05, 0) is 30.5 Å². The van der Waals surface area contributed by atoms with Crippen LogP contribution in [0.5, 0.6) is 0 Å². The second-order valence-corrected chi connectivity index (χ2v) is 9.16. The van der Waals surface area contributed by atoms with E-state index in [1.165, 1.54) is 11.3 Å². The summed E-state index contributed by atoms with van der Waals surface area (Å²) in [7, 11) is 0. The number of fused-ring (bicyclic) bond motifs is 2. The van der Waals surface area contributed by atoms with Gasteiger partial charge in [-0.3, -0.25) is 18.9 Å². The minimum absolute atomic E-state index is 0.0493. The van der Waals surface area contributed by atoms with Crippen molar-refractivity contribution in [3.05, 3.63) is 46.3 Å². The molecular formula is C18H16N6OS3. The first-order valence-corrected chi connectivity index (χ1v) is 11.7. The molecule has 1 atom stereocenters. The van der Waals surface area contributed by atoms with Gasteiger partial charge in [0.1, 0.15) is 4.70 Å². The SMILES string of the molecule is CCn1c(SC[C@H]2CSc3nnc(-c4ccncc4)n32)nc2ccsc2c1=O. The summed E-state index contributed by atoms with van der Waals surface area (Å²) < 4.78 is 4.69. The number of thioether (sulfide) groups is 2. The van der Waals surface area contributed by atoms with Crippen LogP contribution in [0.3, 0.4) is 0 Å². The van der Waals surface area contributed by atoms with E-state index in [-0.39, 0.29) is 11.6 Å². The lowest BCUT2D eigenvalue weighted by Gasteiger charge is -2.15. The number of nitrogens with zero attached hydrogens (tertiary/aromatic N) is 6. The monoisotopic (exact) mass is 428 g/mol. The molecule has 1 aliphatic rings. The highest BCUT2D eigenvalue weighted by atomic mass is 32.2. The summed E-state index contributed by atoms with van der Waals surface area (Å²) >= 11 is 4.80. The third kappa shape index (κ3) is 2.96. The first-order valence-electron chi connectivity index (χ1n) is 8.85. The standard InChI is InChI=1S/C18H16N6OS3/c1-2-23-16(25)14-13(5-8-26-14)20-17(23)27-9-12-10-28-18-22-21-15(24(12)18)11-3-6-19-7-4-11/h3-8,12H,2,9-10H2,1H3/t12-/m0/s1. The molecule has 0 aromatic carbocycles. The summed E-state index contributed by atoms with van der Waals surface area (Å²) in [6.45, 7) is 2.60. The number of aromatic nitrogens is 6. The van der Waals surface area contributed by atoms with Crippen molar-refractivity contribution in [1.82, 2.24) is 29.3 Å². The van der Waals surface area contributed by atoms with E-state index in [1.54, 1.807) is 40.5 Å². The van der Waals surface area contributed by atoms with E-state index in [2.05, 4.69) is 19.7 Å². The van der Waals surface area contributed by atoms with Crippen molar-refractivity contribution in [1.29, 1.82) is 0 Å². The molecule has 142 valence electrons. The van der Waals surface area contributed by atoms with Gasteiger partial charge in [0.05, 0.1) is 11.6 Å². The highest BCUT2D eigenvalue weighted by Gasteiger charge is 2.29. The molecule has 0 amide bonds. The number of pyridine rings is 1. The molecule has 1 aliphatic heterocycles. The summed E-state index contributed by atoms with van der Waals surface area (Å²) in [4.78, 5) is 21.5. The molecule has 0 saturated heterocycles. The summed E-state index contributed by atoms with van der Waals surface area (Å²) in [6, 6.07) is 6.05. The third-order valence-electron chi connectivity index (χ3n) is 4.62. The molecule has 0 saturated carbocycles. The Morgan fingerprint density at radius 1 is 1.25 bits per heavy atom. The quantitative estimate of drug-likeness (QED) is 0.355. The Hall–Kier alpha value is -2.17. The van der Waals surface area contributed by atoms with E-state index in [4.69, 9.17) is 4.98 Å². The molecular weight excluding hydrogens is 412 g/mol. The van der Waals surface area contributed by atoms with Crippen LogP contribution in [0.25, 0.3) is 21.6 Å². The summed E-state index contributed by atoms with van der Waals surface area (Å²) in [6.07, 6.45) is 3.53. The second kappa shape index (κ2) is 7.34. The molecule has 28 heavy (non-hydrogen) atoms. The Labute approximate surface area is 173 Å². The van der Waals surface area contributed by atoms with Gasteiger partial charge in [-0.15, -0.1) is 21.5 Å². The molecule has 5 heterocycles. The Morgan fingerprint density at radius 2 is 2.11 bits per heavy atom. The number of rotatable bonds is 5. The van der Waals surface area contributed by atoms with Crippen LogP contribution in [0.4, 0.5) is 0 Å². The Bertz CT molecular complexity index is 1200. The first-order chi connectivity index (χ1) is 13.8. The molecule has 4 aromatic heterocycles. The Morgan fingerprint density at radius 3 is 2.93 bits per heavy atom. The Kier molecular flexibility index (Phi) is 4.69. The lowest BCUT2D eigenvalue weighted by molar-refractivity contribution is 0.592. The first kappa shape index (κ1) is 17.9. The van der Waals surface area contributed by atoms with Crippen LogP contribution in [0.15, 0.2) is 51.1 Å². The molecule has 0 N–H and O–H groups in total. The third-order valence-corrected chi connectivity index (χ3v) is 7.73. The van der Waals surface area contributed by atoms with Crippen LogP contribution < -0.4 is 5.56 Å². The zero-order valence-corrected chi connectivity index (χ0v) is 17.4. The number of hydrogen-bond acceptors (Lipinski definition) is 8. The maximum atomic E-state index is 12.7. The molecule has 7 nitrogen and oxygen atoms in total. The normalized spacial score (nSPS) is 16.0. The van der Waals surface area contributed by atoms with Crippen LogP contribution in [-0.4, -0.2) is 40.8 Å². The molecule has 5 rings (SSSR count). The number of hydrogen-bond donors (Lipinski definition) is 0. The van der Waals surface area contributed by atoms with Crippen molar-refractivity contribution in [3.8, 4) is 11.4 Å². The van der Waals surface area contributed by atoms with Gasteiger partial charge in [-0.2, -0.15) is 0 Å². The predicted molar refractivity (Wildman–Crippen MR) is 113 cm³/mol. The fraction of sp³-hybridized carbons (Fsp3) is 0.278. The molecule has 0 aliphatic carbocycles. The molecule has 0 radical (unpaired) electrons. The lowest BCUT2D eigenvalue weighted by Crippen LogP contribution is -2.22. The van der Waals surface area contributed by atoms with Gasteiger partial charge in [-0.25, -0.2) is 4.98 Å². The fourth-order valence-corrected chi connectivity index (χ4v) is 6.40. The largest absolute Gasteiger partial charge is 0.297 e. The zero-order valence-electron chi connectivity index (χ0n) is 15.0.